The predicted molar refractivity (Wildman–Crippen MR) is 117 cm³/mol. The second-order valence-electron chi connectivity index (χ2n) is 6.84. The van der Waals surface area contributed by atoms with Crippen molar-refractivity contribution in [1.29, 1.82) is 4.78 Å². The minimum atomic E-state index is -0.937. The van der Waals surface area contributed by atoms with Crippen molar-refractivity contribution < 1.29 is 8.78 Å². The first-order valence-corrected chi connectivity index (χ1v) is 10.8. The Morgan fingerprint density at radius 2 is 1.93 bits per heavy atom. The van der Waals surface area contributed by atoms with Gasteiger partial charge in [0.2, 0.25) is 0 Å². The molecule has 3 rings (SSSR count). The molecule has 2 unspecified atom stereocenters. The van der Waals surface area contributed by atoms with Crippen LogP contribution in [0.25, 0.3) is 6.08 Å². The maximum absolute atomic E-state index is 13.6. The summed E-state index contributed by atoms with van der Waals surface area (Å²) in [6.45, 7) is 0. The van der Waals surface area contributed by atoms with Gasteiger partial charge in [-0.15, -0.1) is 0 Å². The van der Waals surface area contributed by atoms with Crippen LogP contribution in [0.2, 0.25) is 0 Å². The third-order valence-corrected chi connectivity index (χ3v) is 5.98. The number of allylic oxidation sites excluding steroid dienone is 2. The number of hydrogen-bond acceptors (Lipinski definition) is 2. The summed E-state index contributed by atoms with van der Waals surface area (Å²) < 4.78 is 38.7. The van der Waals surface area contributed by atoms with Crippen molar-refractivity contribution in [2.75, 3.05) is 7.05 Å². The van der Waals surface area contributed by atoms with E-state index in [0.717, 1.165) is 35.8 Å². The van der Waals surface area contributed by atoms with Crippen molar-refractivity contribution in [3.05, 3.63) is 100 Å². The normalized spacial score (nSPS) is 22.0. The van der Waals surface area contributed by atoms with E-state index in [2.05, 4.69) is 28.2 Å². The fraction of sp³-hybridized carbons (Fsp3) is 0.217. The molecule has 1 aliphatic heterocycles. The van der Waals surface area contributed by atoms with Crippen LogP contribution in [0.5, 0.6) is 0 Å². The minimum Gasteiger partial charge on any atom is -0.393 e. The van der Waals surface area contributed by atoms with Gasteiger partial charge in [0.05, 0.1) is 4.91 Å². The lowest BCUT2D eigenvalue weighted by Gasteiger charge is -2.15. The molecule has 3 N–H and O–H groups in total. The number of rotatable bonds is 6. The summed E-state index contributed by atoms with van der Waals surface area (Å²) in [5.74, 6) is -1.74. The Bertz CT molecular complexity index is 952. The van der Waals surface area contributed by atoms with Gasteiger partial charge in [-0.1, -0.05) is 48.6 Å². The molecule has 0 aromatic heterocycles. The van der Waals surface area contributed by atoms with Gasteiger partial charge in [-0.2, -0.15) is 0 Å². The number of aryl methyl sites for hydroxylation is 1. The van der Waals surface area contributed by atoms with E-state index in [1.165, 1.54) is 17.7 Å². The first-order chi connectivity index (χ1) is 14.1. The van der Waals surface area contributed by atoms with Crippen LogP contribution in [0, 0.1) is 16.4 Å². The molecule has 0 saturated carbocycles. The van der Waals surface area contributed by atoms with Gasteiger partial charge in [0.25, 0.3) is 0 Å². The van der Waals surface area contributed by atoms with Crippen molar-refractivity contribution in [1.82, 2.24) is 10.0 Å². The molecular formula is C23H25F2N3S. The molecule has 2 aromatic rings. The first kappa shape index (κ1) is 21.1. The van der Waals surface area contributed by atoms with E-state index >= 15 is 0 Å². The Labute approximate surface area is 173 Å². The quantitative estimate of drug-likeness (QED) is 0.605. The van der Waals surface area contributed by atoms with Gasteiger partial charge in [-0.25, -0.2) is 13.5 Å². The molecule has 6 heteroatoms. The summed E-state index contributed by atoms with van der Waals surface area (Å²) in [7, 11) is 0.846. The van der Waals surface area contributed by atoms with Gasteiger partial charge in [0, 0.05) is 19.3 Å². The van der Waals surface area contributed by atoms with Crippen LogP contribution in [0.1, 0.15) is 24.0 Å². The van der Waals surface area contributed by atoms with Gasteiger partial charge in [-0.05, 0) is 65.0 Å². The highest BCUT2D eigenvalue weighted by atomic mass is 32.2. The average Bonchev–Trinajstić information content (AvgIpc) is 2.85. The van der Waals surface area contributed by atoms with Gasteiger partial charge in [-0.3, -0.25) is 4.78 Å². The van der Waals surface area contributed by atoms with E-state index in [1.807, 2.05) is 24.3 Å². The van der Waals surface area contributed by atoms with E-state index in [0.29, 0.717) is 5.56 Å². The zero-order valence-electron chi connectivity index (χ0n) is 16.3. The Morgan fingerprint density at radius 3 is 2.66 bits per heavy atom. The molecule has 0 saturated heterocycles. The molecule has 0 radical (unpaired) electrons. The van der Waals surface area contributed by atoms with Crippen LogP contribution in [-0.2, 0) is 17.3 Å². The van der Waals surface area contributed by atoms with Gasteiger partial charge < -0.3 is 5.32 Å². The number of benzene rings is 2. The van der Waals surface area contributed by atoms with E-state index in [9.17, 15) is 8.78 Å². The van der Waals surface area contributed by atoms with Crippen molar-refractivity contribution in [2.45, 2.75) is 25.3 Å². The maximum Gasteiger partial charge on any atom is 0.159 e. The first-order valence-electron chi connectivity index (χ1n) is 9.55. The highest BCUT2D eigenvalue weighted by molar-refractivity contribution is 7.88. The Kier molecular flexibility index (Phi) is 7.49. The molecule has 1 heterocycles. The molecule has 152 valence electrons. The lowest BCUT2D eigenvalue weighted by atomic mass is 10.0. The number of hydrogen-bond donors (Lipinski definition) is 3. The Hall–Kier alpha value is -2.57. The van der Waals surface area contributed by atoms with Crippen LogP contribution in [0.3, 0.4) is 0 Å². The summed E-state index contributed by atoms with van der Waals surface area (Å²) in [4.78, 5) is 0.777. The third kappa shape index (κ3) is 5.95. The highest BCUT2D eigenvalue weighted by Gasteiger charge is 2.17. The van der Waals surface area contributed by atoms with Crippen LogP contribution >= 0.6 is 0 Å². The summed E-state index contributed by atoms with van der Waals surface area (Å²) in [6, 6.07) is 14.3. The molecule has 3 nitrogen and oxygen atoms in total. The van der Waals surface area contributed by atoms with Gasteiger partial charge >= 0.3 is 0 Å². The van der Waals surface area contributed by atoms with Crippen LogP contribution in [0.4, 0.5) is 8.78 Å². The fourth-order valence-electron chi connectivity index (χ4n) is 3.17. The second-order valence-corrected chi connectivity index (χ2v) is 8.13. The monoisotopic (exact) mass is 413 g/mol. The molecule has 1 aliphatic rings. The van der Waals surface area contributed by atoms with Crippen LogP contribution in [-0.4, -0.2) is 13.1 Å². The maximum atomic E-state index is 13.6. The molecule has 0 spiro atoms. The Morgan fingerprint density at radius 1 is 1.14 bits per heavy atom. The van der Waals surface area contributed by atoms with Crippen LogP contribution in [0.15, 0.2) is 77.4 Å². The van der Waals surface area contributed by atoms with Gasteiger partial charge in [0.15, 0.2) is 11.6 Å². The van der Waals surface area contributed by atoms with Crippen molar-refractivity contribution >= 4 is 17.0 Å². The lowest BCUT2D eigenvalue weighted by molar-refractivity contribution is 0.508. The number of nitrogens with one attached hydrogen (secondary N) is 3. The van der Waals surface area contributed by atoms with Crippen LogP contribution < -0.4 is 10.0 Å². The smallest absolute Gasteiger partial charge is 0.159 e. The summed E-state index contributed by atoms with van der Waals surface area (Å²) in [5.41, 5.74) is 2.68. The Balaban J connectivity index is 1.77. The van der Waals surface area contributed by atoms with Crippen molar-refractivity contribution in [2.24, 2.45) is 0 Å². The second kappa shape index (κ2) is 10.3. The molecule has 0 bridgehead atoms. The molecule has 0 fully saturated rings. The summed E-state index contributed by atoms with van der Waals surface area (Å²) in [5, 5.41) is 2.99. The SMILES string of the molecule is CN/C=C1\C(=C\c2ccc(F)c(F)c2)C=CC(CCCc2ccccc2)NS1=N. The minimum absolute atomic E-state index is 0.0793. The zero-order valence-corrected chi connectivity index (χ0v) is 17.1. The zero-order chi connectivity index (χ0) is 20.6. The molecule has 29 heavy (non-hydrogen) atoms. The molecule has 2 atom stereocenters. The molecule has 0 amide bonds. The standard InChI is InChI=1S/C23H25F2N3S/c1-27-16-23-19(14-18-10-13-21(24)22(25)15-18)11-12-20(28-29(23)26)9-5-8-17-6-3-2-4-7-17/h2-4,6-7,10-16,20,27H,5,8-9H2,1H3,(H2,26,28)/b19-14+,23-16+. The molecular weight excluding hydrogens is 388 g/mol. The molecule has 2 aromatic carbocycles. The fourth-order valence-corrected chi connectivity index (χ4v) is 4.40. The highest BCUT2D eigenvalue weighted by Crippen LogP contribution is 2.24. The summed E-state index contributed by atoms with van der Waals surface area (Å²) in [6.07, 6.45) is 10.5. The van der Waals surface area contributed by atoms with Crippen molar-refractivity contribution in [3.8, 4) is 0 Å². The predicted octanol–water partition coefficient (Wildman–Crippen LogP) is 5.26. The molecule has 0 aliphatic carbocycles. The van der Waals surface area contributed by atoms with Crippen molar-refractivity contribution in [3.63, 3.8) is 0 Å². The topological polar surface area (TPSA) is 47.9 Å². The number of halogens is 2. The van der Waals surface area contributed by atoms with E-state index in [4.69, 9.17) is 4.78 Å². The summed E-state index contributed by atoms with van der Waals surface area (Å²) >= 11 is 0. The lowest BCUT2D eigenvalue weighted by Crippen LogP contribution is -2.28. The van der Waals surface area contributed by atoms with E-state index < -0.39 is 22.5 Å². The average molecular weight is 414 g/mol. The van der Waals surface area contributed by atoms with E-state index in [-0.39, 0.29) is 6.04 Å². The van der Waals surface area contributed by atoms with E-state index in [1.54, 1.807) is 19.3 Å². The third-order valence-electron chi connectivity index (χ3n) is 4.65. The van der Waals surface area contributed by atoms with Gasteiger partial charge in [0.1, 0.15) is 0 Å². The largest absolute Gasteiger partial charge is 0.393 e.